The van der Waals surface area contributed by atoms with Gasteiger partial charge in [-0.3, -0.25) is 4.79 Å². The summed E-state index contributed by atoms with van der Waals surface area (Å²) in [5, 5.41) is 9.05. The zero-order valence-electron chi connectivity index (χ0n) is 9.14. The van der Waals surface area contributed by atoms with E-state index in [1.54, 1.807) is 0 Å². The van der Waals surface area contributed by atoms with Crippen molar-refractivity contribution in [1.29, 1.82) is 0 Å². The lowest BCUT2D eigenvalue weighted by molar-refractivity contribution is -0.149. The summed E-state index contributed by atoms with van der Waals surface area (Å²) in [7, 11) is 0. The van der Waals surface area contributed by atoms with Gasteiger partial charge < -0.3 is 15.7 Å². The molecule has 1 heterocycles. The lowest BCUT2D eigenvalue weighted by Gasteiger charge is -2.25. The Hall–Kier alpha value is -1.10. The number of aliphatic carboxylic acids is 1. The minimum absolute atomic E-state index is 0.143. The molecule has 0 aromatic rings. The van der Waals surface area contributed by atoms with E-state index in [1.165, 1.54) is 4.90 Å². The first-order chi connectivity index (χ1) is 6.91. The van der Waals surface area contributed by atoms with Crippen LogP contribution in [-0.2, 0) is 9.59 Å². The summed E-state index contributed by atoms with van der Waals surface area (Å²) in [5.74, 6) is -0.836. The molecule has 0 spiro atoms. The number of rotatable bonds is 4. The highest BCUT2D eigenvalue weighted by atomic mass is 16.4. The Morgan fingerprint density at radius 1 is 1.67 bits per heavy atom. The van der Waals surface area contributed by atoms with Crippen molar-refractivity contribution in [2.45, 2.75) is 38.8 Å². The van der Waals surface area contributed by atoms with Gasteiger partial charge in [-0.2, -0.15) is 0 Å². The van der Waals surface area contributed by atoms with Gasteiger partial charge in [-0.05, 0) is 12.3 Å². The normalized spacial score (nSPS) is 23.6. The quantitative estimate of drug-likeness (QED) is 0.692. The summed E-state index contributed by atoms with van der Waals surface area (Å²) in [4.78, 5) is 23.9. The van der Waals surface area contributed by atoms with Crippen LogP contribution in [-0.4, -0.2) is 40.5 Å². The van der Waals surface area contributed by atoms with Crippen molar-refractivity contribution in [2.24, 2.45) is 11.7 Å². The number of carboxylic acids is 1. The molecule has 0 aromatic heterocycles. The average Bonchev–Trinajstić information content (AvgIpc) is 2.40. The van der Waals surface area contributed by atoms with Crippen molar-refractivity contribution in [3.8, 4) is 0 Å². The van der Waals surface area contributed by atoms with E-state index >= 15 is 0 Å². The molecule has 0 radical (unpaired) electrons. The molecule has 3 N–H and O–H groups in total. The molecule has 86 valence electrons. The summed E-state index contributed by atoms with van der Waals surface area (Å²) < 4.78 is 0. The molecule has 0 aliphatic carbocycles. The molecule has 1 aliphatic rings. The van der Waals surface area contributed by atoms with E-state index in [4.69, 9.17) is 10.8 Å². The second-order valence-corrected chi connectivity index (χ2v) is 4.49. The number of amides is 1. The number of carbonyl (C=O) groups is 2. The van der Waals surface area contributed by atoms with Crippen LogP contribution in [0.5, 0.6) is 0 Å². The van der Waals surface area contributed by atoms with Crippen molar-refractivity contribution >= 4 is 11.9 Å². The predicted molar refractivity (Wildman–Crippen MR) is 55.2 cm³/mol. The molecule has 5 nitrogen and oxygen atoms in total. The zero-order valence-corrected chi connectivity index (χ0v) is 9.14. The molecule has 0 bridgehead atoms. The number of hydrogen-bond donors (Lipinski definition) is 2. The van der Waals surface area contributed by atoms with Crippen LogP contribution >= 0.6 is 0 Å². The fourth-order valence-corrected chi connectivity index (χ4v) is 1.87. The second kappa shape index (κ2) is 4.61. The molecule has 1 saturated heterocycles. The summed E-state index contributed by atoms with van der Waals surface area (Å²) in [6.07, 6.45) is 0.746. The second-order valence-electron chi connectivity index (χ2n) is 4.49. The van der Waals surface area contributed by atoms with Gasteiger partial charge in [-0.25, -0.2) is 4.79 Å². The van der Waals surface area contributed by atoms with E-state index in [1.807, 2.05) is 13.8 Å². The van der Waals surface area contributed by atoms with Gasteiger partial charge in [0.15, 0.2) is 0 Å². The highest BCUT2D eigenvalue weighted by molar-refractivity contribution is 5.85. The monoisotopic (exact) mass is 214 g/mol. The Bertz CT molecular complexity index is 265. The maximum Gasteiger partial charge on any atom is 0.326 e. The Labute approximate surface area is 89.2 Å². The third-order valence-corrected chi connectivity index (χ3v) is 2.54. The van der Waals surface area contributed by atoms with Gasteiger partial charge in [-0.1, -0.05) is 13.8 Å². The molecule has 1 unspecified atom stereocenters. The van der Waals surface area contributed by atoms with Crippen LogP contribution in [0.25, 0.3) is 0 Å². The molecule has 1 rings (SSSR count). The molecule has 1 amide bonds. The van der Waals surface area contributed by atoms with Crippen molar-refractivity contribution < 1.29 is 14.7 Å². The van der Waals surface area contributed by atoms with Crippen LogP contribution in [0.3, 0.4) is 0 Å². The molecular weight excluding hydrogens is 196 g/mol. The van der Waals surface area contributed by atoms with Crippen LogP contribution in [0, 0.1) is 5.92 Å². The van der Waals surface area contributed by atoms with Crippen LogP contribution in [0.2, 0.25) is 0 Å². The zero-order chi connectivity index (χ0) is 11.6. The van der Waals surface area contributed by atoms with Gasteiger partial charge in [-0.15, -0.1) is 0 Å². The van der Waals surface area contributed by atoms with Gasteiger partial charge >= 0.3 is 5.97 Å². The Kier molecular flexibility index (Phi) is 3.68. The standard InChI is InChI=1S/C10H18N2O3/c1-6(2)3-8(10(14)15)12-5-7(11)4-9(12)13/h6-8H,3-5,11H2,1-2H3,(H,14,15)/t7?,8-/m0/s1. The van der Waals surface area contributed by atoms with Crippen LogP contribution in [0.4, 0.5) is 0 Å². The lowest BCUT2D eigenvalue weighted by Crippen LogP contribution is -2.43. The highest BCUT2D eigenvalue weighted by Gasteiger charge is 2.36. The van der Waals surface area contributed by atoms with Crippen molar-refractivity contribution in [3.63, 3.8) is 0 Å². The smallest absolute Gasteiger partial charge is 0.326 e. The Morgan fingerprint density at radius 3 is 2.60 bits per heavy atom. The fraction of sp³-hybridized carbons (Fsp3) is 0.800. The largest absolute Gasteiger partial charge is 0.480 e. The lowest BCUT2D eigenvalue weighted by atomic mass is 10.0. The summed E-state index contributed by atoms with van der Waals surface area (Å²) in [6.45, 7) is 4.25. The molecule has 1 aliphatic heterocycles. The van der Waals surface area contributed by atoms with E-state index in [9.17, 15) is 9.59 Å². The number of nitrogens with zero attached hydrogens (tertiary/aromatic N) is 1. The van der Waals surface area contributed by atoms with E-state index in [0.29, 0.717) is 13.0 Å². The van der Waals surface area contributed by atoms with Gasteiger partial charge in [0.1, 0.15) is 6.04 Å². The van der Waals surface area contributed by atoms with Gasteiger partial charge in [0.05, 0.1) is 0 Å². The first kappa shape index (κ1) is 12.0. The van der Waals surface area contributed by atoms with Gasteiger partial charge in [0.2, 0.25) is 5.91 Å². The van der Waals surface area contributed by atoms with Crippen LogP contribution in [0.1, 0.15) is 26.7 Å². The Morgan fingerprint density at radius 2 is 2.27 bits per heavy atom. The van der Waals surface area contributed by atoms with Crippen molar-refractivity contribution in [3.05, 3.63) is 0 Å². The average molecular weight is 214 g/mol. The number of hydrogen-bond acceptors (Lipinski definition) is 3. The topological polar surface area (TPSA) is 83.6 Å². The van der Waals surface area contributed by atoms with Gasteiger partial charge in [0.25, 0.3) is 0 Å². The first-order valence-corrected chi connectivity index (χ1v) is 5.19. The fourth-order valence-electron chi connectivity index (χ4n) is 1.87. The molecule has 0 aromatic carbocycles. The molecule has 2 atom stereocenters. The minimum atomic E-state index is -0.939. The SMILES string of the molecule is CC(C)C[C@@H](C(=O)O)N1CC(N)CC1=O. The van der Waals surface area contributed by atoms with Crippen LogP contribution < -0.4 is 5.73 Å². The van der Waals surface area contributed by atoms with Gasteiger partial charge in [0, 0.05) is 19.0 Å². The molecule has 1 fully saturated rings. The maximum atomic E-state index is 11.5. The third kappa shape index (κ3) is 2.92. The maximum absolute atomic E-state index is 11.5. The number of carboxylic acid groups (broad SMARTS) is 1. The minimum Gasteiger partial charge on any atom is -0.480 e. The molecule has 15 heavy (non-hydrogen) atoms. The molecule has 0 saturated carbocycles. The molecule has 5 heteroatoms. The highest BCUT2D eigenvalue weighted by Crippen LogP contribution is 2.18. The number of likely N-dealkylation sites (tertiary alicyclic amines) is 1. The van der Waals surface area contributed by atoms with Crippen LogP contribution in [0.15, 0.2) is 0 Å². The predicted octanol–water partition coefficient (Wildman–Crippen LogP) is 0.0453. The number of nitrogens with two attached hydrogens (primary N) is 1. The van der Waals surface area contributed by atoms with E-state index < -0.39 is 12.0 Å². The van der Waals surface area contributed by atoms with E-state index in [-0.39, 0.29) is 24.3 Å². The van der Waals surface area contributed by atoms with Crippen molar-refractivity contribution in [2.75, 3.05) is 6.54 Å². The molecular formula is C10H18N2O3. The summed E-state index contributed by atoms with van der Waals surface area (Å²) in [6, 6.07) is -0.933. The summed E-state index contributed by atoms with van der Waals surface area (Å²) >= 11 is 0. The van der Waals surface area contributed by atoms with E-state index in [2.05, 4.69) is 0 Å². The Balaban J connectivity index is 2.72. The first-order valence-electron chi connectivity index (χ1n) is 5.19. The van der Waals surface area contributed by atoms with Crippen molar-refractivity contribution in [1.82, 2.24) is 4.90 Å². The summed E-state index contributed by atoms with van der Waals surface area (Å²) in [5.41, 5.74) is 5.63. The third-order valence-electron chi connectivity index (χ3n) is 2.54. The van der Waals surface area contributed by atoms with E-state index in [0.717, 1.165) is 0 Å². The number of carbonyl (C=O) groups excluding carboxylic acids is 1.